The second-order valence-electron chi connectivity index (χ2n) is 6.49. The van der Waals surface area contributed by atoms with Gasteiger partial charge in [-0.05, 0) is 52.3 Å². The van der Waals surface area contributed by atoms with Crippen LogP contribution in [0, 0.1) is 10.1 Å². The van der Waals surface area contributed by atoms with E-state index in [1.165, 1.54) is 18.2 Å². The molecule has 0 saturated carbocycles. The highest BCUT2D eigenvalue weighted by Crippen LogP contribution is 2.16. The maximum Gasteiger partial charge on any atom is 0.330 e. The van der Waals surface area contributed by atoms with E-state index < -0.39 is 4.92 Å². The van der Waals surface area contributed by atoms with E-state index in [-0.39, 0.29) is 11.7 Å². The molecule has 148 valence electrons. The summed E-state index contributed by atoms with van der Waals surface area (Å²) in [5, 5.41) is 10.7. The summed E-state index contributed by atoms with van der Waals surface area (Å²) in [5.74, 6) is -0.347. The first-order valence-electron chi connectivity index (χ1n) is 9.03. The van der Waals surface area contributed by atoms with E-state index in [0.29, 0.717) is 6.61 Å². The van der Waals surface area contributed by atoms with E-state index in [1.807, 2.05) is 45.9 Å². The van der Waals surface area contributed by atoms with Crippen LogP contribution in [0.3, 0.4) is 0 Å². The predicted octanol–water partition coefficient (Wildman–Crippen LogP) is 5.96. The van der Waals surface area contributed by atoms with Crippen LogP contribution in [-0.2, 0) is 9.53 Å². The van der Waals surface area contributed by atoms with E-state index in [1.54, 1.807) is 25.1 Å². The maximum atomic E-state index is 11.3. The Morgan fingerprint density at radius 3 is 2.00 bits per heavy atom. The first kappa shape index (κ1) is 22.8. The average molecular weight is 381 g/mol. The van der Waals surface area contributed by atoms with Crippen LogP contribution in [0.15, 0.2) is 76.9 Å². The fraction of sp³-hybridized carbons (Fsp3) is 0.261. The third kappa shape index (κ3) is 8.94. The lowest BCUT2D eigenvalue weighted by Crippen LogP contribution is -1.98. The zero-order valence-electron chi connectivity index (χ0n) is 17.1. The van der Waals surface area contributed by atoms with Crippen molar-refractivity contribution in [2.24, 2.45) is 0 Å². The summed E-state index contributed by atoms with van der Waals surface area (Å²) < 4.78 is 4.86. The van der Waals surface area contributed by atoms with Crippen molar-refractivity contribution in [3.63, 3.8) is 0 Å². The van der Waals surface area contributed by atoms with Gasteiger partial charge in [0.25, 0.3) is 5.69 Å². The highest BCUT2D eigenvalue weighted by molar-refractivity contribution is 5.82. The number of non-ortho nitro benzene ring substituents is 1. The van der Waals surface area contributed by atoms with Crippen LogP contribution in [0.2, 0.25) is 0 Å². The molecule has 0 amide bonds. The smallest absolute Gasteiger partial charge is 0.330 e. The Hall–Kier alpha value is -3.21. The van der Waals surface area contributed by atoms with Crippen LogP contribution >= 0.6 is 0 Å². The number of nitro benzene ring substituents is 1. The van der Waals surface area contributed by atoms with Crippen molar-refractivity contribution in [2.75, 3.05) is 6.61 Å². The van der Waals surface area contributed by atoms with Gasteiger partial charge in [-0.1, -0.05) is 52.7 Å². The summed E-state index contributed by atoms with van der Waals surface area (Å²) in [6.45, 7) is 10.0. The molecule has 0 atom stereocenters. The molecule has 0 radical (unpaired) electrons. The third-order valence-corrected chi connectivity index (χ3v) is 3.63. The highest BCUT2D eigenvalue weighted by atomic mass is 16.6. The molecule has 0 aromatic heterocycles. The van der Waals surface area contributed by atoms with Gasteiger partial charge in [0.1, 0.15) is 0 Å². The molecule has 5 heteroatoms. The summed E-state index contributed by atoms with van der Waals surface area (Å²) in [4.78, 5) is 21.6. The number of allylic oxidation sites excluding steroid dienone is 8. The van der Waals surface area contributed by atoms with Crippen molar-refractivity contribution >= 4 is 17.7 Å². The summed E-state index contributed by atoms with van der Waals surface area (Å²) in [6, 6.07) is 6.45. The lowest BCUT2D eigenvalue weighted by atomic mass is 10.1. The van der Waals surface area contributed by atoms with Gasteiger partial charge in [0.2, 0.25) is 0 Å². The largest absolute Gasteiger partial charge is 0.463 e. The SMILES string of the molecule is CCOC(=O)/C=C/C(C)=C/C(C)=C/C(C)=C\C(C)=C/c1ccc([N+](=O)[O-])cc1. The Kier molecular flexibility index (Phi) is 9.37. The molecule has 0 aliphatic heterocycles. The lowest BCUT2D eigenvalue weighted by molar-refractivity contribution is -0.384. The van der Waals surface area contributed by atoms with Crippen LogP contribution in [0.5, 0.6) is 0 Å². The van der Waals surface area contributed by atoms with Gasteiger partial charge in [0, 0.05) is 18.2 Å². The van der Waals surface area contributed by atoms with E-state index in [0.717, 1.165) is 27.9 Å². The Bertz CT molecular complexity index is 853. The van der Waals surface area contributed by atoms with E-state index in [2.05, 4.69) is 6.08 Å². The number of hydrogen-bond donors (Lipinski definition) is 0. The molecule has 0 heterocycles. The third-order valence-electron chi connectivity index (χ3n) is 3.63. The molecule has 1 rings (SSSR count). The topological polar surface area (TPSA) is 69.4 Å². The summed E-state index contributed by atoms with van der Waals surface area (Å²) in [6.07, 6.45) is 11.2. The number of carbonyl (C=O) groups excluding carboxylic acids is 1. The van der Waals surface area contributed by atoms with Gasteiger partial charge in [-0.3, -0.25) is 10.1 Å². The van der Waals surface area contributed by atoms with Crippen molar-refractivity contribution in [1.29, 1.82) is 0 Å². The normalized spacial score (nSPS) is 13.8. The van der Waals surface area contributed by atoms with E-state index in [9.17, 15) is 14.9 Å². The van der Waals surface area contributed by atoms with Gasteiger partial charge in [0.15, 0.2) is 0 Å². The number of esters is 1. The highest BCUT2D eigenvalue weighted by Gasteiger charge is 2.02. The van der Waals surface area contributed by atoms with Gasteiger partial charge < -0.3 is 4.74 Å². The van der Waals surface area contributed by atoms with Crippen LogP contribution in [0.1, 0.15) is 40.2 Å². The van der Waals surface area contributed by atoms with E-state index in [4.69, 9.17) is 4.74 Å². The summed E-state index contributed by atoms with van der Waals surface area (Å²) in [5.41, 5.74) is 5.12. The average Bonchev–Trinajstić information content (AvgIpc) is 2.60. The second kappa shape index (κ2) is 11.5. The van der Waals surface area contributed by atoms with Crippen LogP contribution in [0.4, 0.5) is 5.69 Å². The zero-order valence-corrected chi connectivity index (χ0v) is 17.1. The fourth-order valence-electron chi connectivity index (χ4n) is 2.60. The molecule has 0 N–H and O–H groups in total. The van der Waals surface area contributed by atoms with Crippen molar-refractivity contribution in [1.82, 2.24) is 0 Å². The second-order valence-corrected chi connectivity index (χ2v) is 6.49. The minimum atomic E-state index is -0.407. The Labute approximate surface area is 166 Å². The molecule has 0 spiro atoms. The Balaban J connectivity index is 2.83. The van der Waals surface area contributed by atoms with Crippen molar-refractivity contribution < 1.29 is 14.5 Å². The first-order chi connectivity index (χ1) is 13.2. The monoisotopic (exact) mass is 381 g/mol. The molecular formula is C23H27NO4. The lowest BCUT2D eigenvalue weighted by Gasteiger charge is -2.00. The molecule has 0 unspecified atom stereocenters. The molecule has 1 aromatic carbocycles. The number of carbonyl (C=O) groups is 1. The molecule has 0 bridgehead atoms. The van der Waals surface area contributed by atoms with Crippen LogP contribution in [0.25, 0.3) is 6.08 Å². The molecule has 1 aromatic rings. The molecule has 28 heavy (non-hydrogen) atoms. The predicted molar refractivity (Wildman–Crippen MR) is 114 cm³/mol. The van der Waals surface area contributed by atoms with Crippen molar-refractivity contribution in [3.8, 4) is 0 Å². The molecule has 5 nitrogen and oxygen atoms in total. The molecular weight excluding hydrogens is 354 g/mol. The Morgan fingerprint density at radius 1 is 0.929 bits per heavy atom. The number of benzene rings is 1. The molecule has 0 aliphatic rings. The standard InChI is InChI=1S/C23H27NO4/c1-6-28-23(25)12-7-17(2)13-18(3)14-19(4)15-20(5)16-21-8-10-22(11-9-21)24(26)27/h7-16H,6H2,1-5H3/b12-7+,17-13+,18-14+,19-15-,20-16-. The van der Waals surface area contributed by atoms with Gasteiger partial charge in [-0.15, -0.1) is 0 Å². The summed E-state index contributed by atoms with van der Waals surface area (Å²) in [7, 11) is 0. The van der Waals surface area contributed by atoms with Crippen LogP contribution < -0.4 is 0 Å². The zero-order chi connectivity index (χ0) is 21.1. The molecule has 0 aliphatic carbocycles. The number of nitrogens with zero attached hydrogens (tertiary/aromatic N) is 1. The van der Waals surface area contributed by atoms with Crippen molar-refractivity contribution in [3.05, 3.63) is 92.6 Å². The van der Waals surface area contributed by atoms with E-state index >= 15 is 0 Å². The Morgan fingerprint density at radius 2 is 1.46 bits per heavy atom. The maximum absolute atomic E-state index is 11.3. The molecule has 0 fully saturated rings. The minimum Gasteiger partial charge on any atom is -0.463 e. The van der Waals surface area contributed by atoms with Crippen molar-refractivity contribution in [2.45, 2.75) is 34.6 Å². The van der Waals surface area contributed by atoms with Gasteiger partial charge in [0.05, 0.1) is 11.5 Å². The number of hydrogen-bond acceptors (Lipinski definition) is 4. The molecule has 0 saturated heterocycles. The van der Waals surface area contributed by atoms with Crippen LogP contribution in [-0.4, -0.2) is 17.5 Å². The number of nitro groups is 1. The summed E-state index contributed by atoms with van der Waals surface area (Å²) >= 11 is 0. The minimum absolute atomic E-state index is 0.0826. The number of ether oxygens (including phenoxy) is 1. The van der Waals surface area contributed by atoms with Gasteiger partial charge in [-0.25, -0.2) is 4.79 Å². The van der Waals surface area contributed by atoms with Gasteiger partial charge >= 0.3 is 5.97 Å². The first-order valence-corrected chi connectivity index (χ1v) is 9.03. The van der Waals surface area contributed by atoms with Gasteiger partial charge in [-0.2, -0.15) is 0 Å². The fourth-order valence-corrected chi connectivity index (χ4v) is 2.60. The quantitative estimate of drug-likeness (QED) is 0.183. The number of rotatable bonds is 8.